The Labute approximate surface area is 302 Å². The molecule has 2 atom stereocenters. The molecular formula is C45H58O4S. The third-order valence-electron chi connectivity index (χ3n) is 11.8. The molecule has 4 aromatic rings. The topological polar surface area (TPSA) is 52.6 Å². The molecule has 1 aliphatic rings. The largest absolute Gasteiger partial charge is 0.488 e. The zero-order valence-electron chi connectivity index (χ0n) is 31.8. The van der Waals surface area contributed by atoms with Crippen molar-refractivity contribution in [1.29, 1.82) is 0 Å². The van der Waals surface area contributed by atoms with E-state index in [1.807, 2.05) is 24.3 Å². The molecule has 0 amide bonds. The molecule has 1 fully saturated rings. The van der Waals surface area contributed by atoms with Gasteiger partial charge in [0.2, 0.25) is 9.84 Å². The average molecular weight is 695 g/mol. The summed E-state index contributed by atoms with van der Waals surface area (Å²) < 4.78 is 39.6. The van der Waals surface area contributed by atoms with E-state index in [9.17, 15) is 8.42 Å². The molecule has 0 saturated heterocycles. The molecule has 1 aliphatic carbocycles. The van der Waals surface area contributed by atoms with Gasteiger partial charge in [-0.25, -0.2) is 8.42 Å². The van der Waals surface area contributed by atoms with Crippen molar-refractivity contribution >= 4 is 9.84 Å². The molecule has 0 heterocycles. The molecule has 0 radical (unpaired) electrons. The lowest BCUT2D eigenvalue weighted by molar-refractivity contribution is 0.0801. The maximum Gasteiger partial charge on any atom is 0.206 e. The lowest BCUT2D eigenvalue weighted by atomic mass is 9.55. The summed E-state index contributed by atoms with van der Waals surface area (Å²) in [4.78, 5) is 0.555. The van der Waals surface area contributed by atoms with Crippen LogP contribution in [0.5, 0.6) is 17.2 Å². The van der Waals surface area contributed by atoms with Crippen molar-refractivity contribution in [3.63, 3.8) is 0 Å². The van der Waals surface area contributed by atoms with Crippen LogP contribution in [0.25, 0.3) is 0 Å². The molecule has 268 valence electrons. The second kappa shape index (κ2) is 14.6. The molecule has 1 saturated carbocycles. The van der Waals surface area contributed by atoms with Gasteiger partial charge in [0.1, 0.15) is 22.8 Å². The Kier molecular flexibility index (Phi) is 11.0. The molecule has 0 N–H and O–H groups in total. The Bertz CT molecular complexity index is 1810. The van der Waals surface area contributed by atoms with Gasteiger partial charge in [0.25, 0.3) is 0 Å². The highest BCUT2D eigenvalue weighted by atomic mass is 32.2. The maximum atomic E-state index is 13.5. The minimum Gasteiger partial charge on any atom is -0.488 e. The zero-order valence-corrected chi connectivity index (χ0v) is 32.6. The fraction of sp³-hybridized carbons (Fsp3) is 0.467. The molecule has 0 aromatic heterocycles. The van der Waals surface area contributed by atoms with Crippen molar-refractivity contribution in [2.45, 2.75) is 133 Å². The molecule has 0 bridgehead atoms. The third kappa shape index (κ3) is 7.83. The molecule has 4 aromatic carbocycles. The smallest absolute Gasteiger partial charge is 0.206 e. The van der Waals surface area contributed by atoms with E-state index in [0.29, 0.717) is 16.6 Å². The van der Waals surface area contributed by atoms with Gasteiger partial charge in [-0.3, -0.25) is 0 Å². The number of benzene rings is 4. The first-order valence-corrected chi connectivity index (χ1v) is 20.1. The quantitative estimate of drug-likeness (QED) is 0.140. The van der Waals surface area contributed by atoms with E-state index in [1.165, 1.54) is 23.1 Å². The van der Waals surface area contributed by atoms with Gasteiger partial charge in [-0.2, -0.15) is 0 Å². The fourth-order valence-electron chi connectivity index (χ4n) is 8.19. The van der Waals surface area contributed by atoms with Gasteiger partial charge in [-0.15, -0.1) is 0 Å². The SMILES string of the molecule is CCC(C)(CC)Oc1ccc(C2(c3ccc(Oc4ccc(S(=O)(=O)c5ccc(C(C)(CC)CC)cc5)cc4)cc3)CC(C)CC(C)(C)C2)cc1. The monoisotopic (exact) mass is 694 g/mol. The van der Waals surface area contributed by atoms with Crippen LogP contribution in [0.3, 0.4) is 0 Å². The minimum atomic E-state index is -3.65. The summed E-state index contributed by atoms with van der Waals surface area (Å²) in [5, 5.41) is 0. The van der Waals surface area contributed by atoms with Crippen molar-refractivity contribution in [2.24, 2.45) is 11.3 Å². The van der Waals surface area contributed by atoms with Crippen molar-refractivity contribution in [1.82, 2.24) is 0 Å². The lowest BCUT2D eigenvalue weighted by Crippen LogP contribution is -2.41. The standard InChI is InChI=1S/C45H58O4S/c1-10-43(8,11-2)34-18-26-40(27-19-34)50(46,47)41-28-24-38(25-29-41)48-37-20-14-35(15-21-37)45(31-33(5)30-42(6,7)32-45)36-16-22-39(23-17-36)49-44(9,12-3)13-4/h14-29,33H,10-13,30-32H2,1-9H3. The fourth-order valence-corrected chi connectivity index (χ4v) is 9.46. The summed E-state index contributed by atoms with van der Waals surface area (Å²) in [6.45, 7) is 20.3. The Morgan fingerprint density at radius 1 is 0.640 bits per heavy atom. The van der Waals surface area contributed by atoms with E-state index < -0.39 is 9.84 Å². The van der Waals surface area contributed by atoms with E-state index in [-0.39, 0.29) is 26.7 Å². The van der Waals surface area contributed by atoms with Crippen LogP contribution in [0.1, 0.15) is 124 Å². The van der Waals surface area contributed by atoms with Gasteiger partial charge in [0, 0.05) is 5.41 Å². The Morgan fingerprint density at radius 2 is 1.08 bits per heavy atom. The number of hydrogen-bond acceptors (Lipinski definition) is 4. The van der Waals surface area contributed by atoms with E-state index in [1.54, 1.807) is 36.4 Å². The first-order chi connectivity index (χ1) is 23.6. The molecule has 2 unspecified atom stereocenters. The normalized spacial score (nSPS) is 19.6. The van der Waals surface area contributed by atoms with E-state index in [4.69, 9.17) is 9.47 Å². The summed E-state index contributed by atoms with van der Waals surface area (Å²) in [6.07, 6.45) is 7.26. The molecule has 0 aliphatic heterocycles. The van der Waals surface area contributed by atoms with Gasteiger partial charge >= 0.3 is 0 Å². The molecular weight excluding hydrogens is 637 g/mol. The molecule has 5 rings (SSSR count). The first kappa shape index (κ1) is 37.7. The highest BCUT2D eigenvalue weighted by molar-refractivity contribution is 7.91. The van der Waals surface area contributed by atoms with Crippen molar-refractivity contribution in [3.05, 3.63) is 114 Å². The second-order valence-corrected chi connectivity index (χ2v) is 18.1. The van der Waals surface area contributed by atoms with Gasteiger partial charge in [0.15, 0.2) is 0 Å². The van der Waals surface area contributed by atoms with Crippen LogP contribution in [-0.4, -0.2) is 14.0 Å². The van der Waals surface area contributed by atoms with Crippen molar-refractivity contribution in [2.75, 3.05) is 0 Å². The average Bonchev–Trinajstić information content (AvgIpc) is 3.11. The maximum absolute atomic E-state index is 13.5. The van der Waals surface area contributed by atoms with E-state index in [2.05, 4.69) is 98.7 Å². The highest BCUT2D eigenvalue weighted by Gasteiger charge is 2.45. The predicted octanol–water partition coefficient (Wildman–Crippen LogP) is 12.5. The van der Waals surface area contributed by atoms with Crippen LogP contribution < -0.4 is 9.47 Å². The Morgan fingerprint density at radius 3 is 1.52 bits per heavy atom. The number of sulfone groups is 1. The zero-order chi connectivity index (χ0) is 36.4. The summed E-state index contributed by atoms with van der Waals surface area (Å²) in [6, 6.07) is 31.5. The van der Waals surface area contributed by atoms with Crippen molar-refractivity contribution < 1.29 is 17.9 Å². The van der Waals surface area contributed by atoms with Gasteiger partial charge in [-0.1, -0.05) is 91.8 Å². The number of ether oxygens (including phenoxy) is 2. The van der Waals surface area contributed by atoms with E-state index in [0.717, 1.165) is 50.0 Å². The Balaban J connectivity index is 1.36. The van der Waals surface area contributed by atoms with Crippen LogP contribution >= 0.6 is 0 Å². The van der Waals surface area contributed by atoms with Gasteiger partial charge in [-0.05, 0) is 146 Å². The first-order valence-electron chi connectivity index (χ1n) is 18.6. The number of rotatable bonds is 13. The second-order valence-electron chi connectivity index (χ2n) is 16.1. The molecule has 5 heteroatoms. The van der Waals surface area contributed by atoms with Crippen LogP contribution in [0.2, 0.25) is 0 Å². The summed E-state index contributed by atoms with van der Waals surface area (Å²) in [5.74, 6) is 2.81. The Hall–Kier alpha value is -3.57. The van der Waals surface area contributed by atoms with Crippen LogP contribution in [0, 0.1) is 11.3 Å². The van der Waals surface area contributed by atoms with Crippen molar-refractivity contribution in [3.8, 4) is 17.2 Å². The van der Waals surface area contributed by atoms with Crippen LogP contribution in [0.4, 0.5) is 0 Å². The third-order valence-corrected chi connectivity index (χ3v) is 13.6. The van der Waals surface area contributed by atoms with Crippen LogP contribution in [-0.2, 0) is 20.7 Å². The van der Waals surface area contributed by atoms with Gasteiger partial charge in [0.05, 0.1) is 9.79 Å². The van der Waals surface area contributed by atoms with Gasteiger partial charge < -0.3 is 9.47 Å². The summed E-state index contributed by atoms with van der Waals surface area (Å²) in [5.41, 5.74) is 3.72. The summed E-state index contributed by atoms with van der Waals surface area (Å²) >= 11 is 0. The molecule has 50 heavy (non-hydrogen) atoms. The predicted molar refractivity (Wildman–Crippen MR) is 206 cm³/mol. The summed E-state index contributed by atoms with van der Waals surface area (Å²) in [7, 11) is -3.65. The molecule has 0 spiro atoms. The molecule has 4 nitrogen and oxygen atoms in total. The van der Waals surface area contributed by atoms with E-state index >= 15 is 0 Å². The highest BCUT2D eigenvalue weighted by Crippen LogP contribution is 2.54. The lowest BCUT2D eigenvalue weighted by Gasteiger charge is -2.48. The minimum absolute atomic E-state index is 0.0394. The number of hydrogen-bond donors (Lipinski definition) is 0. The van der Waals surface area contributed by atoms with Crippen LogP contribution in [0.15, 0.2) is 107 Å².